The van der Waals surface area contributed by atoms with Gasteiger partial charge in [-0.1, -0.05) is 11.6 Å². The number of hydrogen-bond acceptors (Lipinski definition) is 4. The van der Waals surface area contributed by atoms with Gasteiger partial charge in [-0.25, -0.2) is 0 Å². The first-order chi connectivity index (χ1) is 9.04. The molecule has 0 saturated carbocycles. The van der Waals surface area contributed by atoms with Gasteiger partial charge in [0.1, 0.15) is 0 Å². The van der Waals surface area contributed by atoms with E-state index in [4.69, 9.17) is 16.3 Å². The third-order valence-corrected chi connectivity index (χ3v) is 2.72. The second-order valence-corrected chi connectivity index (χ2v) is 4.71. The maximum atomic E-state index is 11.8. The number of ether oxygens (including phenoxy) is 1. The van der Waals surface area contributed by atoms with E-state index < -0.39 is 0 Å². The van der Waals surface area contributed by atoms with Crippen molar-refractivity contribution in [2.75, 3.05) is 51.1 Å². The average Bonchev–Trinajstić information content (AvgIpc) is 2.34. The van der Waals surface area contributed by atoms with Crippen LogP contribution in [0.4, 0.5) is 11.4 Å². The number of nitrogens with zero attached hydrogens (tertiary/aromatic N) is 1. The lowest BCUT2D eigenvalue weighted by Crippen LogP contribution is -2.30. The third-order valence-electron chi connectivity index (χ3n) is 2.48. The molecule has 0 aliphatic heterocycles. The normalized spacial score (nSPS) is 9.33. The van der Waals surface area contributed by atoms with Crippen LogP contribution in [0.25, 0.3) is 0 Å². The Kier molecular flexibility index (Phi) is 12.8. The van der Waals surface area contributed by atoms with Crippen LogP contribution in [0.5, 0.6) is 0 Å². The molecule has 0 aromatic heterocycles. The molecule has 1 aromatic carbocycles. The molecule has 0 radical (unpaired) electrons. The van der Waals surface area contributed by atoms with Crippen LogP contribution in [0.3, 0.4) is 0 Å². The molecule has 122 valence electrons. The summed E-state index contributed by atoms with van der Waals surface area (Å²) in [7, 11) is 5.45. The van der Waals surface area contributed by atoms with E-state index >= 15 is 0 Å². The Morgan fingerprint density at radius 1 is 1.33 bits per heavy atom. The molecular formula is C13H22Cl3N3O2. The third kappa shape index (κ3) is 8.34. The van der Waals surface area contributed by atoms with Gasteiger partial charge in [-0.3, -0.25) is 4.79 Å². The molecule has 0 bridgehead atoms. The molecule has 2 N–H and O–H groups in total. The van der Waals surface area contributed by atoms with Gasteiger partial charge in [0.25, 0.3) is 0 Å². The van der Waals surface area contributed by atoms with E-state index in [0.717, 1.165) is 5.69 Å². The van der Waals surface area contributed by atoms with E-state index in [1.54, 1.807) is 19.2 Å². The van der Waals surface area contributed by atoms with E-state index in [9.17, 15) is 4.79 Å². The topological polar surface area (TPSA) is 53.6 Å². The second kappa shape index (κ2) is 11.9. The molecule has 1 rings (SSSR count). The molecular weight excluding hydrogens is 337 g/mol. The minimum Gasteiger partial charge on any atom is -0.383 e. The van der Waals surface area contributed by atoms with Gasteiger partial charge in [-0.15, -0.1) is 24.8 Å². The van der Waals surface area contributed by atoms with E-state index in [2.05, 4.69) is 10.6 Å². The molecule has 0 atom stereocenters. The van der Waals surface area contributed by atoms with Crippen molar-refractivity contribution in [2.45, 2.75) is 0 Å². The summed E-state index contributed by atoms with van der Waals surface area (Å²) in [6.45, 7) is 1.45. The summed E-state index contributed by atoms with van der Waals surface area (Å²) in [5.74, 6) is -0.110. The standard InChI is InChI=1S/C13H20ClN3O2.2ClH/c1-17(2)12-5-4-10(14)8-11(12)16-13(18)9-15-6-7-19-3;;/h4-5,8,15H,6-7,9H2,1-3H3,(H,16,18);2*1H. The minimum atomic E-state index is -0.110. The Labute approximate surface area is 143 Å². The second-order valence-electron chi connectivity index (χ2n) is 4.27. The highest BCUT2D eigenvalue weighted by Crippen LogP contribution is 2.27. The van der Waals surface area contributed by atoms with Gasteiger partial charge in [0.05, 0.1) is 24.5 Å². The number of carbonyl (C=O) groups excluding carboxylic acids is 1. The molecule has 5 nitrogen and oxygen atoms in total. The smallest absolute Gasteiger partial charge is 0.238 e. The largest absolute Gasteiger partial charge is 0.383 e. The van der Waals surface area contributed by atoms with Gasteiger partial charge in [-0.05, 0) is 18.2 Å². The van der Waals surface area contributed by atoms with Crippen LogP contribution in [0.1, 0.15) is 0 Å². The van der Waals surface area contributed by atoms with Crippen LogP contribution in [0.2, 0.25) is 5.02 Å². The van der Waals surface area contributed by atoms with Crippen molar-refractivity contribution in [3.63, 3.8) is 0 Å². The minimum absolute atomic E-state index is 0. The highest BCUT2D eigenvalue weighted by Gasteiger charge is 2.08. The quantitative estimate of drug-likeness (QED) is 0.735. The van der Waals surface area contributed by atoms with E-state index in [1.165, 1.54) is 0 Å². The van der Waals surface area contributed by atoms with Crippen LogP contribution in [-0.2, 0) is 9.53 Å². The van der Waals surface area contributed by atoms with E-state index in [1.807, 2.05) is 25.1 Å². The summed E-state index contributed by atoms with van der Waals surface area (Å²) in [6, 6.07) is 5.41. The first-order valence-electron chi connectivity index (χ1n) is 6.01. The number of anilines is 2. The molecule has 21 heavy (non-hydrogen) atoms. The Morgan fingerprint density at radius 2 is 2.00 bits per heavy atom. The fraction of sp³-hybridized carbons (Fsp3) is 0.462. The number of rotatable bonds is 7. The van der Waals surface area contributed by atoms with E-state index in [0.29, 0.717) is 23.9 Å². The molecule has 0 aliphatic carbocycles. The number of methoxy groups -OCH3 is 1. The number of nitrogens with one attached hydrogen (secondary N) is 2. The number of halogens is 3. The highest BCUT2D eigenvalue weighted by molar-refractivity contribution is 6.31. The number of amides is 1. The van der Waals surface area contributed by atoms with Crippen molar-refractivity contribution >= 4 is 53.7 Å². The summed E-state index contributed by atoms with van der Waals surface area (Å²) in [5.41, 5.74) is 1.62. The van der Waals surface area contributed by atoms with Gasteiger partial charge in [0.2, 0.25) is 5.91 Å². The fourth-order valence-electron chi connectivity index (χ4n) is 1.57. The Balaban J connectivity index is 0. The van der Waals surface area contributed by atoms with Crippen molar-refractivity contribution < 1.29 is 9.53 Å². The SMILES string of the molecule is COCCNCC(=O)Nc1cc(Cl)ccc1N(C)C.Cl.Cl. The van der Waals surface area contributed by atoms with Gasteiger partial charge < -0.3 is 20.3 Å². The first-order valence-corrected chi connectivity index (χ1v) is 6.38. The molecule has 0 saturated heterocycles. The Morgan fingerprint density at radius 3 is 2.57 bits per heavy atom. The van der Waals surface area contributed by atoms with Gasteiger partial charge in [0, 0.05) is 32.8 Å². The summed E-state index contributed by atoms with van der Waals surface area (Å²) in [6.07, 6.45) is 0. The maximum Gasteiger partial charge on any atom is 0.238 e. The first kappa shape index (κ1) is 22.6. The summed E-state index contributed by atoms with van der Waals surface area (Å²) in [4.78, 5) is 13.7. The van der Waals surface area contributed by atoms with Crippen LogP contribution < -0.4 is 15.5 Å². The molecule has 1 aromatic rings. The summed E-state index contributed by atoms with van der Waals surface area (Å²) in [5, 5.41) is 6.42. The predicted molar refractivity (Wildman–Crippen MR) is 93.7 cm³/mol. The van der Waals surface area contributed by atoms with Crippen molar-refractivity contribution in [2.24, 2.45) is 0 Å². The van der Waals surface area contributed by atoms with Gasteiger partial charge in [0.15, 0.2) is 0 Å². The van der Waals surface area contributed by atoms with Gasteiger partial charge >= 0.3 is 0 Å². The lowest BCUT2D eigenvalue weighted by molar-refractivity contribution is -0.115. The zero-order valence-corrected chi connectivity index (χ0v) is 14.7. The average molecular weight is 359 g/mol. The maximum absolute atomic E-state index is 11.8. The van der Waals surface area contributed by atoms with Crippen molar-refractivity contribution in [3.05, 3.63) is 23.2 Å². The highest BCUT2D eigenvalue weighted by atomic mass is 35.5. The lowest BCUT2D eigenvalue weighted by atomic mass is 10.2. The Hall–Kier alpha value is -0.720. The number of benzene rings is 1. The fourth-order valence-corrected chi connectivity index (χ4v) is 1.74. The molecule has 1 amide bonds. The molecule has 0 heterocycles. The molecule has 0 aliphatic rings. The monoisotopic (exact) mass is 357 g/mol. The van der Waals surface area contributed by atoms with Crippen LogP contribution in [0.15, 0.2) is 18.2 Å². The molecule has 0 spiro atoms. The summed E-state index contributed by atoms with van der Waals surface area (Å²) < 4.78 is 4.89. The van der Waals surface area contributed by atoms with Crippen molar-refractivity contribution in [1.29, 1.82) is 0 Å². The lowest BCUT2D eigenvalue weighted by Gasteiger charge is -2.18. The number of hydrogen-bond donors (Lipinski definition) is 2. The predicted octanol–water partition coefficient (Wildman–Crippen LogP) is 2.42. The zero-order valence-electron chi connectivity index (χ0n) is 12.3. The molecule has 8 heteroatoms. The Bertz CT molecular complexity index is 431. The van der Waals surface area contributed by atoms with Crippen molar-refractivity contribution in [1.82, 2.24) is 5.32 Å². The van der Waals surface area contributed by atoms with Crippen molar-refractivity contribution in [3.8, 4) is 0 Å². The number of carbonyl (C=O) groups is 1. The van der Waals surface area contributed by atoms with Crippen LogP contribution >= 0.6 is 36.4 Å². The molecule has 0 fully saturated rings. The zero-order chi connectivity index (χ0) is 14.3. The van der Waals surface area contributed by atoms with Crippen LogP contribution in [-0.4, -0.2) is 46.8 Å². The van der Waals surface area contributed by atoms with Crippen LogP contribution in [0, 0.1) is 0 Å². The van der Waals surface area contributed by atoms with E-state index in [-0.39, 0.29) is 37.3 Å². The van der Waals surface area contributed by atoms with Gasteiger partial charge in [-0.2, -0.15) is 0 Å². The summed E-state index contributed by atoms with van der Waals surface area (Å²) >= 11 is 5.95. The molecule has 0 unspecified atom stereocenters.